The zero-order chi connectivity index (χ0) is 13.1. The first-order chi connectivity index (χ1) is 8.58. The summed E-state index contributed by atoms with van der Waals surface area (Å²) in [5.74, 6) is 0. The van der Waals surface area contributed by atoms with Gasteiger partial charge in [-0.05, 0) is 25.0 Å². The summed E-state index contributed by atoms with van der Waals surface area (Å²) in [6.07, 6.45) is 1.94. The van der Waals surface area contributed by atoms with Crippen LogP contribution in [0.3, 0.4) is 0 Å². The molecule has 1 aromatic rings. The summed E-state index contributed by atoms with van der Waals surface area (Å²) in [6.45, 7) is 1.38. The summed E-state index contributed by atoms with van der Waals surface area (Å²) < 4.78 is 0. The molecule has 1 N–H and O–H groups in total. The van der Waals surface area contributed by atoms with Crippen LogP contribution in [0.25, 0.3) is 0 Å². The lowest BCUT2D eigenvalue weighted by Crippen LogP contribution is -2.32. The molecule has 0 radical (unpaired) electrons. The highest BCUT2D eigenvalue weighted by molar-refractivity contribution is 6.31. The summed E-state index contributed by atoms with van der Waals surface area (Å²) in [5.41, 5.74) is -0.0312. The standard InChI is InChI=1S/C11H12ClN3O3/c12-8-3-4-9(10(7-8)15(17)18)13-11(16)14-5-1-2-6-14/h3-4,7H,1-2,5-6H2,(H,13,16). The van der Waals surface area contributed by atoms with Crippen LogP contribution in [-0.4, -0.2) is 28.9 Å². The van der Waals surface area contributed by atoms with E-state index >= 15 is 0 Å². The largest absolute Gasteiger partial charge is 0.325 e. The monoisotopic (exact) mass is 269 g/mol. The van der Waals surface area contributed by atoms with Gasteiger partial charge in [-0.25, -0.2) is 4.79 Å². The molecule has 0 saturated carbocycles. The zero-order valence-corrected chi connectivity index (χ0v) is 10.3. The fourth-order valence-electron chi connectivity index (χ4n) is 1.88. The Morgan fingerprint density at radius 1 is 1.39 bits per heavy atom. The highest BCUT2D eigenvalue weighted by atomic mass is 35.5. The molecule has 0 atom stereocenters. The lowest BCUT2D eigenvalue weighted by atomic mass is 10.2. The number of amides is 2. The van der Waals surface area contributed by atoms with Gasteiger partial charge in [0.15, 0.2) is 0 Å². The van der Waals surface area contributed by atoms with Crippen LogP contribution in [0.1, 0.15) is 12.8 Å². The lowest BCUT2D eigenvalue weighted by molar-refractivity contribution is -0.383. The van der Waals surface area contributed by atoms with E-state index in [1.54, 1.807) is 4.90 Å². The van der Waals surface area contributed by atoms with Gasteiger partial charge in [0.1, 0.15) is 5.69 Å². The van der Waals surface area contributed by atoms with E-state index in [1.807, 2.05) is 0 Å². The van der Waals surface area contributed by atoms with Crippen LogP contribution in [0.15, 0.2) is 18.2 Å². The van der Waals surface area contributed by atoms with E-state index in [-0.39, 0.29) is 22.4 Å². The van der Waals surface area contributed by atoms with Crippen LogP contribution in [0.2, 0.25) is 5.02 Å². The Kier molecular flexibility index (Phi) is 3.66. The van der Waals surface area contributed by atoms with Gasteiger partial charge in [-0.3, -0.25) is 10.1 Å². The van der Waals surface area contributed by atoms with Crippen molar-refractivity contribution in [1.29, 1.82) is 0 Å². The minimum Gasteiger partial charge on any atom is -0.325 e. The molecule has 1 heterocycles. The minimum atomic E-state index is -0.564. The normalized spacial score (nSPS) is 14.6. The van der Waals surface area contributed by atoms with E-state index in [0.29, 0.717) is 13.1 Å². The molecular formula is C11H12ClN3O3. The second-order valence-electron chi connectivity index (χ2n) is 4.04. The molecule has 1 saturated heterocycles. The van der Waals surface area contributed by atoms with Crippen molar-refractivity contribution in [2.45, 2.75) is 12.8 Å². The van der Waals surface area contributed by atoms with Gasteiger partial charge in [0, 0.05) is 24.2 Å². The molecule has 96 valence electrons. The Morgan fingerprint density at radius 2 is 2.06 bits per heavy atom. The third-order valence-corrected chi connectivity index (χ3v) is 3.03. The van der Waals surface area contributed by atoms with Crippen molar-refractivity contribution in [3.63, 3.8) is 0 Å². The number of carbonyl (C=O) groups is 1. The van der Waals surface area contributed by atoms with Crippen molar-refractivity contribution in [3.05, 3.63) is 33.3 Å². The van der Waals surface area contributed by atoms with E-state index in [4.69, 9.17) is 11.6 Å². The number of nitrogens with one attached hydrogen (secondary N) is 1. The number of nitro benzene ring substituents is 1. The summed E-state index contributed by atoms with van der Waals surface area (Å²) >= 11 is 5.70. The molecule has 0 unspecified atom stereocenters. The second-order valence-corrected chi connectivity index (χ2v) is 4.48. The van der Waals surface area contributed by atoms with E-state index in [0.717, 1.165) is 12.8 Å². The van der Waals surface area contributed by atoms with Gasteiger partial charge in [0.05, 0.1) is 4.92 Å². The number of nitrogens with zero attached hydrogens (tertiary/aromatic N) is 2. The van der Waals surface area contributed by atoms with E-state index < -0.39 is 4.92 Å². The minimum absolute atomic E-state index is 0.168. The van der Waals surface area contributed by atoms with E-state index in [1.165, 1.54) is 18.2 Å². The maximum atomic E-state index is 11.8. The van der Waals surface area contributed by atoms with Crippen LogP contribution in [-0.2, 0) is 0 Å². The number of nitro groups is 1. The Morgan fingerprint density at radius 3 is 2.67 bits per heavy atom. The van der Waals surface area contributed by atoms with E-state index in [9.17, 15) is 14.9 Å². The number of rotatable bonds is 2. The quantitative estimate of drug-likeness (QED) is 0.662. The fraction of sp³-hybridized carbons (Fsp3) is 0.364. The van der Waals surface area contributed by atoms with Crippen molar-refractivity contribution in [1.82, 2.24) is 4.90 Å². The molecule has 0 aromatic heterocycles. The molecule has 7 heteroatoms. The molecule has 1 aliphatic rings. The van der Waals surface area contributed by atoms with Crippen molar-refractivity contribution in [2.24, 2.45) is 0 Å². The van der Waals surface area contributed by atoms with Crippen LogP contribution in [0, 0.1) is 10.1 Å². The molecule has 18 heavy (non-hydrogen) atoms. The van der Waals surface area contributed by atoms with Gasteiger partial charge in [0.2, 0.25) is 0 Å². The van der Waals surface area contributed by atoms with Crippen molar-refractivity contribution >= 4 is 29.0 Å². The molecule has 1 aliphatic heterocycles. The van der Waals surface area contributed by atoms with Crippen LogP contribution < -0.4 is 5.32 Å². The van der Waals surface area contributed by atoms with Crippen LogP contribution in [0.4, 0.5) is 16.2 Å². The lowest BCUT2D eigenvalue weighted by Gasteiger charge is -2.16. The molecular weight excluding hydrogens is 258 g/mol. The number of halogens is 1. The number of hydrogen-bond donors (Lipinski definition) is 1. The smallest absolute Gasteiger partial charge is 0.322 e. The van der Waals surface area contributed by atoms with Crippen LogP contribution >= 0.6 is 11.6 Å². The number of benzene rings is 1. The van der Waals surface area contributed by atoms with Crippen molar-refractivity contribution in [3.8, 4) is 0 Å². The number of hydrogen-bond acceptors (Lipinski definition) is 3. The fourth-order valence-corrected chi connectivity index (χ4v) is 2.04. The molecule has 1 fully saturated rings. The molecule has 2 rings (SSSR count). The van der Waals surface area contributed by atoms with Gasteiger partial charge in [-0.15, -0.1) is 0 Å². The first kappa shape index (κ1) is 12.6. The molecule has 1 aromatic carbocycles. The zero-order valence-electron chi connectivity index (χ0n) is 9.56. The summed E-state index contributed by atoms with van der Waals surface area (Å²) in [4.78, 5) is 23.8. The number of carbonyl (C=O) groups excluding carboxylic acids is 1. The maximum Gasteiger partial charge on any atom is 0.322 e. The Hall–Kier alpha value is -1.82. The molecule has 0 spiro atoms. The van der Waals surface area contributed by atoms with Gasteiger partial charge in [0.25, 0.3) is 5.69 Å². The predicted octanol–water partition coefficient (Wildman–Crippen LogP) is 2.88. The first-order valence-electron chi connectivity index (χ1n) is 5.58. The van der Waals surface area contributed by atoms with E-state index in [2.05, 4.69) is 5.32 Å². The van der Waals surface area contributed by atoms with Gasteiger partial charge < -0.3 is 10.2 Å². The highest BCUT2D eigenvalue weighted by Crippen LogP contribution is 2.28. The second kappa shape index (κ2) is 5.22. The summed E-state index contributed by atoms with van der Waals surface area (Å²) in [5, 5.41) is 13.7. The molecule has 0 aliphatic carbocycles. The number of likely N-dealkylation sites (tertiary alicyclic amines) is 1. The van der Waals surface area contributed by atoms with Crippen LogP contribution in [0.5, 0.6) is 0 Å². The highest BCUT2D eigenvalue weighted by Gasteiger charge is 2.21. The SMILES string of the molecule is O=C(Nc1ccc(Cl)cc1[N+](=O)[O-])N1CCCC1. The van der Waals surface area contributed by atoms with Gasteiger partial charge in [-0.2, -0.15) is 0 Å². The number of anilines is 1. The Balaban J connectivity index is 2.17. The topological polar surface area (TPSA) is 75.5 Å². The summed E-state index contributed by atoms with van der Waals surface area (Å²) in [6, 6.07) is 3.86. The van der Waals surface area contributed by atoms with Gasteiger partial charge in [-0.1, -0.05) is 11.6 Å². The molecule has 0 bridgehead atoms. The Labute approximate surface area is 109 Å². The Bertz CT molecular complexity index is 486. The average Bonchev–Trinajstić information content (AvgIpc) is 2.84. The van der Waals surface area contributed by atoms with Crippen molar-refractivity contribution < 1.29 is 9.72 Å². The third-order valence-electron chi connectivity index (χ3n) is 2.79. The molecule has 2 amide bonds. The number of urea groups is 1. The predicted molar refractivity (Wildman–Crippen MR) is 67.9 cm³/mol. The average molecular weight is 270 g/mol. The van der Waals surface area contributed by atoms with Crippen molar-refractivity contribution in [2.75, 3.05) is 18.4 Å². The summed E-state index contributed by atoms with van der Waals surface area (Å²) in [7, 11) is 0. The molecule has 6 nitrogen and oxygen atoms in total. The third kappa shape index (κ3) is 2.70. The maximum absolute atomic E-state index is 11.8. The van der Waals surface area contributed by atoms with Gasteiger partial charge >= 0.3 is 6.03 Å². The first-order valence-corrected chi connectivity index (χ1v) is 5.95.